The Balaban J connectivity index is 2.70. The molecule has 1 rings (SSSR count). The third kappa shape index (κ3) is 4.97. The molecule has 0 saturated heterocycles. The van der Waals surface area contributed by atoms with Crippen LogP contribution in [0.5, 0.6) is 0 Å². The Hall–Kier alpha value is -1.68. The molecule has 0 amide bonds. The first-order valence-electron chi connectivity index (χ1n) is 6.20. The second kappa shape index (κ2) is 7.93. The summed E-state index contributed by atoms with van der Waals surface area (Å²) in [5, 5.41) is 31.8. The van der Waals surface area contributed by atoms with Gasteiger partial charge in [0.15, 0.2) is 15.7 Å². The Morgan fingerprint density at radius 2 is 1.81 bits per heavy atom. The Morgan fingerprint density at radius 3 is 2.29 bits per heavy atom. The van der Waals surface area contributed by atoms with Gasteiger partial charge in [-0.1, -0.05) is 5.16 Å². The molecule has 8 nitrogen and oxygen atoms in total. The van der Waals surface area contributed by atoms with E-state index in [1.165, 1.54) is 24.3 Å². The molecule has 9 heteroatoms. The van der Waals surface area contributed by atoms with E-state index in [-0.39, 0.29) is 36.2 Å². The number of nitrogens with zero attached hydrogens (tertiary/aromatic N) is 1. The van der Waals surface area contributed by atoms with Crippen LogP contribution in [0, 0.1) is 0 Å². The Bertz CT molecular complexity index is 567. The van der Waals surface area contributed by atoms with Crippen LogP contribution in [0.25, 0.3) is 0 Å². The van der Waals surface area contributed by atoms with E-state index in [0.717, 1.165) is 0 Å². The number of hydrogen-bond acceptors (Lipinski definition) is 7. The molecular weight excluding hydrogens is 298 g/mol. The van der Waals surface area contributed by atoms with Crippen molar-refractivity contribution < 1.29 is 23.8 Å². The van der Waals surface area contributed by atoms with Gasteiger partial charge in [-0.05, 0) is 24.3 Å². The van der Waals surface area contributed by atoms with Gasteiger partial charge in [0.05, 0.1) is 29.9 Å². The summed E-state index contributed by atoms with van der Waals surface area (Å²) in [6.07, 6.45) is 0. The van der Waals surface area contributed by atoms with Crippen molar-refractivity contribution in [3.05, 3.63) is 29.8 Å². The molecule has 118 valence electrons. The molecule has 1 aromatic carbocycles. The number of hydrogen-bond donors (Lipinski definition) is 5. The Labute approximate surface area is 122 Å². The molecule has 0 heterocycles. The van der Waals surface area contributed by atoms with Gasteiger partial charge < -0.3 is 26.5 Å². The second-order valence-electron chi connectivity index (χ2n) is 4.34. The number of aliphatic hydroxyl groups excluding tert-OH is 2. The van der Waals surface area contributed by atoms with Crippen molar-refractivity contribution >= 4 is 15.7 Å². The first kappa shape index (κ1) is 17.4. The molecule has 0 atom stereocenters. The van der Waals surface area contributed by atoms with E-state index in [9.17, 15) is 8.42 Å². The fourth-order valence-corrected chi connectivity index (χ4v) is 2.77. The van der Waals surface area contributed by atoms with E-state index in [0.29, 0.717) is 5.56 Å². The van der Waals surface area contributed by atoms with Crippen LogP contribution in [-0.2, 0) is 9.84 Å². The van der Waals surface area contributed by atoms with Gasteiger partial charge in [0.25, 0.3) is 0 Å². The minimum Gasteiger partial charge on any atom is -0.409 e. The summed E-state index contributed by atoms with van der Waals surface area (Å²) in [5.41, 5.74) is 5.80. The molecule has 1 aromatic rings. The van der Waals surface area contributed by atoms with E-state index < -0.39 is 15.9 Å². The molecular formula is C12H19N3O5S. The smallest absolute Gasteiger partial charge is 0.179 e. The predicted molar refractivity (Wildman–Crippen MR) is 77.0 cm³/mol. The van der Waals surface area contributed by atoms with Gasteiger partial charge in [-0.15, -0.1) is 0 Å². The van der Waals surface area contributed by atoms with E-state index in [4.69, 9.17) is 21.2 Å². The van der Waals surface area contributed by atoms with Crippen LogP contribution in [0.4, 0.5) is 0 Å². The summed E-state index contributed by atoms with van der Waals surface area (Å²) >= 11 is 0. The van der Waals surface area contributed by atoms with Crippen molar-refractivity contribution in [3.63, 3.8) is 0 Å². The fraction of sp³-hybridized carbons (Fsp3) is 0.417. The third-order valence-corrected chi connectivity index (χ3v) is 4.59. The quantitative estimate of drug-likeness (QED) is 0.170. The number of nitrogens with one attached hydrogen (secondary N) is 1. The maximum Gasteiger partial charge on any atom is 0.179 e. The highest BCUT2D eigenvalue weighted by molar-refractivity contribution is 7.91. The van der Waals surface area contributed by atoms with Crippen molar-refractivity contribution in [2.24, 2.45) is 10.9 Å². The molecule has 0 aliphatic rings. The number of nitrogens with two attached hydrogens (primary N) is 1. The van der Waals surface area contributed by atoms with Crippen LogP contribution in [0.15, 0.2) is 34.3 Å². The SMILES string of the molecule is N/C(=N/O)c1ccc(S(=O)(=O)CCNC(CO)CO)cc1. The van der Waals surface area contributed by atoms with Crippen LogP contribution < -0.4 is 11.1 Å². The lowest BCUT2D eigenvalue weighted by molar-refractivity contribution is 0.173. The molecule has 0 radical (unpaired) electrons. The number of sulfone groups is 1. The predicted octanol–water partition coefficient (Wildman–Crippen LogP) is -1.50. The molecule has 0 fully saturated rings. The van der Waals surface area contributed by atoms with Crippen molar-refractivity contribution in [3.8, 4) is 0 Å². The van der Waals surface area contributed by atoms with E-state index >= 15 is 0 Å². The lowest BCUT2D eigenvalue weighted by Gasteiger charge is -2.13. The van der Waals surface area contributed by atoms with E-state index in [1.54, 1.807) is 0 Å². The van der Waals surface area contributed by atoms with Crippen molar-refractivity contribution in [1.82, 2.24) is 5.32 Å². The molecule has 0 saturated carbocycles. The molecule has 21 heavy (non-hydrogen) atoms. The zero-order chi connectivity index (χ0) is 15.9. The number of benzene rings is 1. The van der Waals surface area contributed by atoms with Crippen LogP contribution in [0.1, 0.15) is 5.56 Å². The minimum atomic E-state index is -3.49. The van der Waals surface area contributed by atoms with Gasteiger partial charge in [-0.2, -0.15) is 0 Å². The molecule has 0 unspecified atom stereocenters. The minimum absolute atomic E-state index is 0.102. The molecule has 0 aromatic heterocycles. The average molecular weight is 317 g/mol. The van der Waals surface area contributed by atoms with Crippen molar-refractivity contribution in [1.29, 1.82) is 0 Å². The van der Waals surface area contributed by atoms with Crippen molar-refractivity contribution in [2.45, 2.75) is 10.9 Å². The number of amidine groups is 1. The van der Waals surface area contributed by atoms with Gasteiger partial charge in [0.1, 0.15) is 0 Å². The van der Waals surface area contributed by atoms with Gasteiger partial charge in [-0.3, -0.25) is 0 Å². The van der Waals surface area contributed by atoms with Gasteiger partial charge in [0.2, 0.25) is 0 Å². The first-order valence-corrected chi connectivity index (χ1v) is 7.85. The molecule has 0 spiro atoms. The van der Waals surface area contributed by atoms with Crippen LogP contribution >= 0.6 is 0 Å². The molecule has 0 bridgehead atoms. The topological polar surface area (TPSA) is 145 Å². The zero-order valence-corrected chi connectivity index (χ0v) is 12.1. The van der Waals surface area contributed by atoms with E-state index in [2.05, 4.69) is 10.5 Å². The normalized spacial score (nSPS) is 12.8. The highest BCUT2D eigenvalue weighted by Crippen LogP contribution is 2.12. The maximum absolute atomic E-state index is 12.1. The summed E-state index contributed by atoms with van der Waals surface area (Å²) < 4.78 is 24.1. The highest BCUT2D eigenvalue weighted by atomic mass is 32.2. The lowest BCUT2D eigenvalue weighted by atomic mass is 10.2. The molecule has 6 N–H and O–H groups in total. The monoisotopic (exact) mass is 317 g/mol. The summed E-state index contributed by atoms with van der Waals surface area (Å²) in [5.74, 6) is -0.277. The summed E-state index contributed by atoms with van der Waals surface area (Å²) in [6.45, 7) is -0.438. The standard InChI is InChI=1S/C12H19N3O5S/c13-12(15-18)9-1-3-11(4-2-9)21(19,20)6-5-14-10(7-16)8-17/h1-4,10,14,16-18H,5-8H2,(H2,13,15). The molecule has 0 aliphatic carbocycles. The third-order valence-electron chi connectivity index (χ3n) is 2.86. The lowest BCUT2D eigenvalue weighted by Crippen LogP contribution is -2.38. The number of oxime groups is 1. The summed E-state index contributed by atoms with van der Waals surface area (Å²) in [7, 11) is -3.49. The number of aliphatic hydroxyl groups is 2. The fourth-order valence-electron chi connectivity index (χ4n) is 1.59. The second-order valence-corrected chi connectivity index (χ2v) is 6.45. The van der Waals surface area contributed by atoms with Crippen LogP contribution in [-0.4, -0.2) is 61.2 Å². The van der Waals surface area contributed by atoms with Gasteiger partial charge >= 0.3 is 0 Å². The van der Waals surface area contributed by atoms with Crippen LogP contribution in [0.2, 0.25) is 0 Å². The Kier molecular flexibility index (Phi) is 6.56. The van der Waals surface area contributed by atoms with Crippen molar-refractivity contribution in [2.75, 3.05) is 25.5 Å². The summed E-state index contributed by atoms with van der Waals surface area (Å²) in [6, 6.07) is 5.10. The number of rotatable bonds is 8. The van der Waals surface area contributed by atoms with Gasteiger partial charge in [0, 0.05) is 12.1 Å². The highest BCUT2D eigenvalue weighted by Gasteiger charge is 2.15. The molecule has 0 aliphatic heterocycles. The largest absolute Gasteiger partial charge is 0.409 e. The van der Waals surface area contributed by atoms with Gasteiger partial charge in [-0.25, -0.2) is 8.42 Å². The average Bonchev–Trinajstić information content (AvgIpc) is 2.51. The summed E-state index contributed by atoms with van der Waals surface area (Å²) in [4.78, 5) is 0.114. The van der Waals surface area contributed by atoms with Crippen LogP contribution in [0.3, 0.4) is 0 Å². The van der Waals surface area contributed by atoms with E-state index in [1.807, 2.05) is 0 Å². The zero-order valence-electron chi connectivity index (χ0n) is 11.3. The first-order chi connectivity index (χ1) is 9.94. The maximum atomic E-state index is 12.1. The Morgan fingerprint density at radius 1 is 1.24 bits per heavy atom.